The smallest absolute Gasteiger partial charge is 0.321 e. The predicted molar refractivity (Wildman–Crippen MR) is 154 cm³/mol. The van der Waals surface area contributed by atoms with Gasteiger partial charge in [-0.15, -0.1) is 0 Å². The van der Waals surface area contributed by atoms with Gasteiger partial charge < -0.3 is 14.8 Å². The standard InChI is InChI=1S/C29H26N6O5S/c1-19-26(27(20-10-6-4-7-11-20)33-35(19)22-12-8-5-9-13-22)28(36)30-21-14-16-23(17-15-21)41(37,38)34-24-18-25(39-2)32-29(31-24)40-3/h4-18H,1-3H3,(H,30,36)(H,31,32,34). The van der Waals surface area contributed by atoms with Crippen molar-refractivity contribution in [3.8, 4) is 28.8 Å². The zero-order chi connectivity index (χ0) is 29.0. The van der Waals surface area contributed by atoms with Crippen molar-refractivity contribution in [3.63, 3.8) is 0 Å². The Kier molecular flexibility index (Phi) is 7.66. The zero-order valence-corrected chi connectivity index (χ0v) is 23.2. The van der Waals surface area contributed by atoms with Gasteiger partial charge in [0.25, 0.3) is 15.9 Å². The van der Waals surface area contributed by atoms with E-state index in [1.54, 1.807) is 4.68 Å². The number of carbonyl (C=O) groups excluding carboxylic acids is 1. The molecule has 0 spiro atoms. The third-order valence-electron chi connectivity index (χ3n) is 6.13. The second kappa shape index (κ2) is 11.5. The molecule has 0 aliphatic carbocycles. The molecule has 0 bridgehead atoms. The molecule has 0 saturated carbocycles. The number of para-hydroxylation sites is 1. The molecule has 2 aromatic heterocycles. The lowest BCUT2D eigenvalue weighted by Gasteiger charge is -2.11. The number of nitrogens with one attached hydrogen (secondary N) is 2. The summed E-state index contributed by atoms with van der Waals surface area (Å²) in [5.41, 5.74) is 3.62. The Hall–Kier alpha value is -5.23. The minimum Gasteiger partial charge on any atom is -0.481 e. The molecule has 0 saturated heterocycles. The largest absolute Gasteiger partial charge is 0.481 e. The number of rotatable bonds is 9. The highest BCUT2D eigenvalue weighted by molar-refractivity contribution is 7.92. The number of carbonyl (C=O) groups is 1. The third kappa shape index (κ3) is 5.87. The Morgan fingerprint density at radius 2 is 1.51 bits per heavy atom. The summed E-state index contributed by atoms with van der Waals surface area (Å²) in [6.45, 7) is 1.83. The van der Waals surface area contributed by atoms with Gasteiger partial charge in [-0.2, -0.15) is 15.1 Å². The number of hydrogen-bond donors (Lipinski definition) is 2. The van der Waals surface area contributed by atoms with Crippen molar-refractivity contribution in [1.82, 2.24) is 19.7 Å². The van der Waals surface area contributed by atoms with Crippen LogP contribution in [-0.4, -0.2) is 48.3 Å². The van der Waals surface area contributed by atoms with Gasteiger partial charge in [0, 0.05) is 17.3 Å². The number of amides is 1. The van der Waals surface area contributed by atoms with E-state index in [9.17, 15) is 13.2 Å². The maximum atomic E-state index is 13.6. The molecule has 0 radical (unpaired) electrons. The number of nitrogens with zero attached hydrogens (tertiary/aromatic N) is 4. The highest BCUT2D eigenvalue weighted by Crippen LogP contribution is 2.28. The van der Waals surface area contributed by atoms with Crippen molar-refractivity contribution < 1.29 is 22.7 Å². The van der Waals surface area contributed by atoms with Crippen molar-refractivity contribution in [2.24, 2.45) is 0 Å². The third-order valence-corrected chi connectivity index (χ3v) is 7.50. The number of sulfonamides is 1. The van der Waals surface area contributed by atoms with E-state index in [0.29, 0.717) is 22.6 Å². The van der Waals surface area contributed by atoms with Crippen LogP contribution in [-0.2, 0) is 10.0 Å². The van der Waals surface area contributed by atoms with Crippen LogP contribution < -0.4 is 19.5 Å². The van der Waals surface area contributed by atoms with E-state index < -0.39 is 10.0 Å². The molecule has 0 fully saturated rings. The van der Waals surface area contributed by atoms with Crippen LogP contribution in [0.25, 0.3) is 16.9 Å². The topological polar surface area (TPSA) is 137 Å². The van der Waals surface area contributed by atoms with Gasteiger partial charge in [-0.1, -0.05) is 48.5 Å². The lowest BCUT2D eigenvalue weighted by molar-refractivity contribution is 0.102. The van der Waals surface area contributed by atoms with Gasteiger partial charge in [0.2, 0.25) is 5.88 Å². The van der Waals surface area contributed by atoms with E-state index >= 15 is 0 Å². The first-order valence-electron chi connectivity index (χ1n) is 12.4. The van der Waals surface area contributed by atoms with Crippen molar-refractivity contribution in [2.75, 3.05) is 24.3 Å². The summed E-state index contributed by atoms with van der Waals surface area (Å²) in [6, 6.07) is 26.0. The molecule has 3 aromatic carbocycles. The van der Waals surface area contributed by atoms with Crippen LogP contribution in [0.4, 0.5) is 11.5 Å². The molecule has 5 rings (SSSR count). The van der Waals surface area contributed by atoms with Crippen LogP contribution in [0.1, 0.15) is 16.1 Å². The van der Waals surface area contributed by atoms with Gasteiger partial charge in [-0.25, -0.2) is 13.1 Å². The molecule has 2 N–H and O–H groups in total. The second-order valence-electron chi connectivity index (χ2n) is 8.79. The minimum atomic E-state index is -4.01. The Labute approximate surface area is 236 Å². The van der Waals surface area contributed by atoms with E-state index in [1.165, 1.54) is 44.6 Å². The molecular weight excluding hydrogens is 544 g/mol. The van der Waals surface area contributed by atoms with Crippen LogP contribution in [0.3, 0.4) is 0 Å². The van der Waals surface area contributed by atoms with Gasteiger partial charge in [-0.05, 0) is 43.3 Å². The summed E-state index contributed by atoms with van der Waals surface area (Å²) in [5.74, 6) is -0.267. The van der Waals surface area contributed by atoms with Crippen LogP contribution in [0, 0.1) is 6.92 Å². The summed E-state index contributed by atoms with van der Waals surface area (Å²) in [5, 5.41) is 7.64. The Morgan fingerprint density at radius 1 is 0.854 bits per heavy atom. The summed E-state index contributed by atoms with van der Waals surface area (Å²) in [7, 11) is -1.26. The van der Waals surface area contributed by atoms with E-state index in [0.717, 1.165) is 11.3 Å². The fourth-order valence-corrected chi connectivity index (χ4v) is 5.14. The summed E-state index contributed by atoms with van der Waals surface area (Å²) in [4.78, 5) is 21.5. The molecule has 0 atom stereocenters. The maximum Gasteiger partial charge on any atom is 0.321 e. The molecular formula is C29H26N6O5S. The van der Waals surface area contributed by atoms with Crippen LogP contribution >= 0.6 is 0 Å². The first kappa shape index (κ1) is 27.3. The lowest BCUT2D eigenvalue weighted by atomic mass is 10.1. The number of ether oxygens (including phenoxy) is 2. The van der Waals surface area contributed by atoms with Crippen LogP contribution in [0.2, 0.25) is 0 Å². The normalized spacial score (nSPS) is 11.1. The van der Waals surface area contributed by atoms with Gasteiger partial charge in [-0.3, -0.25) is 9.52 Å². The summed E-state index contributed by atoms with van der Waals surface area (Å²) >= 11 is 0. The SMILES string of the molecule is COc1cc(NS(=O)(=O)c2ccc(NC(=O)c3c(-c4ccccc4)nn(-c4ccccc4)c3C)cc2)nc(OC)n1. The number of benzene rings is 3. The molecule has 0 aliphatic heterocycles. The van der Waals surface area contributed by atoms with Gasteiger partial charge in [0.1, 0.15) is 5.69 Å². The highest BCUT2D eigenvalue weighted by Gasteiger charge is 2.24. The summed E-state index contributed by atoms with van der Waals surface area (Å²) < 4.78 is 40.2. The molecule has 0 aliphatic rings. The summed E-state index contributed by atoms with van der Waals surface area (Å²) in [6.07, 6.45) is 0. The molecule has 1 amide bonds. The molecule has 0 unspecified atom stereocenters. The predicted octanol–water partition coefficient (Wildman–Crippen LogP) is 4.71. The van der Waals surface area contributed by atoms with Crippen molar-refractivity contribution >= 4 is 27.4 Å². The molecule has 12 heteroatoms. The number of aromatic nitrogens is 4. The van der Waals surface area contributed by atoms with E-state index in [-0.39, 0.29) is 28.5 Å². The fourth-order valence-electron chi connectivity index (χ4n) is 4.15. The number of anilines is 2. The molecule has 5 aromatic rings. The van der Waals surface area contributed by atoms with Gasteiger partial charge in [0.05, 0.1) is 36.1 Å². The van der Waals surface area contributed by atoms with Crippen molar-refractivity contribution in [2.45, 2.75) is 11.8 Å². The van der Waals surface area contributed by atoms with Crippen LogP contribution in [0.15, 0.2) is 95.9 Å². The van der Waals surface area contributed by atoms with E-state index in [2.05, 4.69) is 20.0 Å². The van der Waals surface area contributed by atoms with Crippen molar-refractivity contribution in [1.29, 1.82) is 0 Å². The lowest BCUT2D eigenvalue weighted by Crippen LogP contribution is -2.16. The second-order valence-corrected chi connectivity index (χ2v) is 10.5. The monoisotopic (exact) mass is 570 g/mol. The van der Waals surface area contributed by atoms with Gasteiger partial charge >= 0.3 is 6.01 Å². The Bertz CT molecular complexity index is 1770. The van der Waals surface area contributed by atoms with Crippen molar-refractivity contribution in [3.05, 3.63) is 102 Å². The fraction of sp³-hybridized carbons (Fsp3) is 0.103. The average molecular weight is 571 g/mol. The highest BCUT2D eigenvalue weighted by atomic mass is 32.2. The maximum absolute atomic E-state index is 13.6. The molecule has 208 valence electrons. The zero-order valence-electron chi connectivity index (χ0n) is 22.4. The molecule has 11 nitrogen and oxygen atoms in total. The molecule has 41 heavy (non-hydrogen) atoms. The molecule has 2 heterocycles. The number of hydrogen-bond acceptors (Lipinski definition) is 8. The van der Waals surface area contributed by atoms with E-state index in [1.807, 2.05) is 67.6 Å². The van der Waals surface area contributed by atoms with Gasteiger partial charge in [0.15, 0.2) is 5.82 Å². The first-order chi connectivity index (χ1) is 19.8. The Balaban J connectivity index is 1.41. The Morgan fingerprint density at radius 3 is 2.15 bits per heavy atom. The minimum absolute atomic E-state index is 0.0228. The first-order valence-corrected chi connectivity index (χ1v) is 13.9. The van der Waals surface area contributed by atoms with Crippen LogP contribution in [0.5, 0.6) is 11.9 Å². The quantitative estimate of drug-likeness (QED) is 0.260. The van der Waals surface area contributed by atoms with E-state index in [4.69, 9.17) is 14.6 Å². The average Bonchev–Trinajstić information content (AvgIpc) is 3.35. The number of methoxy groups -OCH3 is 2.